The summed E-state index contributed by atoms with van der Waals surface area (Å²) in [6.07, 6.45) is 0. The smallest absolute Gasteiger partial charge is 0.344 e. The number of nitriles is 1. The number of nitrogens with two attached hydrogens (primary N) is 1. The molecular formula is C18H17N3O6S. The largest absolute Gasteiger partial charge is 0.481 e. The molecular weight excluding hydrogens is 386 g/mol. The second-order valence-corrected chi connectivity index (χ2v) is 7.16. The highest BCUT2D eigenvalue weighted by Gasteiger charge is 2.14. The Hall–Kier alpha value is -3.42. The molecule has 0 aromatic heterocycles. The number of anilines is 1. The second-order valence-electron chi connectivity index (χ2n) is 5.63. The Kier molecular flexibility index (Phi) is 6.70. The van der Waals surface area contributed by atoms with E-state index < -0.39 is 35.1 Å². The number of carbonyl (C=O) groups excluding carboxylic acids is 2. The second kappa shape index (κ2) is 8.98. The van der Waals surface area contributed by atoms with Crippen LogP contribution in [0.5, 0.6) is 5.75 Å². The Morgan fingerprint density at radius 1 is 1.18 bits per heavy atom. The van der Waals surface area contributed by atoms with Crippen molar-refractivity contribution in [3.63, 3.8) is 0 Å². The zero-order valence-corrected chi connectivity index (χ0v) is 15.7. The zero-order chi connectivity index (χ0) is 20.7. The Bertz CT molecular complexity index is 1040. The molecule has 2 aromatic rings. The van der Waals surface area contributed by atoms with Gasteiger partial charge in [0, 0.05) is 5.69 Å². The van der Waals surface area contributed by atoms with Crippen LogP contribution < -0.4 is 15.2 Å². The van der Waals surface area contributed by atoms with Crippen LogP contribution in [0.2, 0.25) is 0 Å². The van der Waals surface area contributed by atoms with Crippen LogP contribution in [-0.2, 0) is 24.3 Å². The molecule has 1 amide bonds. The number of ether oxygens (including phenoxy) is 2. The van der Waals surface area contributed by atoms with E-state index in [0.29, 0.717) is 5.56 Å². The highest BCUT2D eigenvalue weighted by Crippen LogP contribution is 2.19. The van der Waals surface area contributed by atoms with E-state index in [1.807, 2.05) is 6.07 Å². The number of hydrogen-bond acceptors (Lipinski definition) is 7. The number of sulfonamides is 1. The van der Waals surface area contributed by atoms with Gasteiger partial charge < -0.3 is 14.8 Å². The van der Waals surface area contributed by atoms with E-state index >= 15 is 0 Å². The van der Waals surface area contributed by atoms with E-state index in [1.165, 1.54) is 30.3 Å². The number of hydrogen-bond donors (Lipinski definition) is 2. The van der Waals surface area contributed by atoms with Gasteiger partial charge in [0.25, 0.3) is 5.91 Å². The summed E-state index contributed by atoms with van der Waals surface area (Å²) in [7, 11) is -3.93. The average Bonchev–Trinajstić information content (AvgIpc) is 2.65. The summed E-state index contributed by atoms with van der Waals surface area (Å²) in [5.74, 6) is -1.26. The molecule has 0 aliphatic rings. The van der Waals surface area contributed by atoms with Crippen LogP contribution in [0.25, 0.3) is 0 Å². The first-order valence-corrected chi connectivity index (χ1v) is 9.46. The van der Waals surface area contributed by atoms with Crippen LogP contribution >= 0.6 is 0 Å². The van der Waals surface area contributed by atoms with Gasteiger partial charge in [0.2, 0.25) is 10.0 Å². The number of esters is 1. The van der Waals surface area contributed by atoms with E-state index in [0.717, 1.165) is 0 Å². The predicted molar refractivity (Wildman–Crippen MR) is 98.8 cm³/mol. The van der Waals surface area contributed by atoms with Gasteiger partial charge in [0.05, 0.1) is 10.5 Å². The Morgan fingerprint density at radius 2 is 1.89 bits per heavy atom. The quantitative estimate of drug-likeness (QED) is 0.657. The molecule has 0 spiro atoms. The number of nitrogens with one attached hydrogen (secondary N) is 1. The van der Waals surface area contributed by atoms with Crippen LogP contribution in [0.4, 0.5) is 5.69 Å². The van der Waals surface area contributed by atoms with Crippen LogP contribution in [0, 0.1) is 18.3 Å². The summed E-state index contributed by atoms with van der Waals surface area (Å²) in [4.78, 5) is 23.5. The van der Waals surface area contributed by atoms with Gasteiger partial charge in [-0.1, -0.05) is 18.2 Å². The van der Waals surface area contributed by atoms with Gasteiger partial charge >= 0.3 is 5.97 Å². The molecule has 28 heavy (non-hydrogen) atoms. The van der Waals surface area contributed by atoms with Crippen molar-refractivity contribution in [1.82, 2.24) is 0 Å². The van der Waals surface area contributed by atoms with Crippen molar-refractivity contribution in [3.05, 3.63) is 53.6 Å². The lowest BCUT2D eigenvalue weighted by Gasteiger charge is -2.10. The molecule has 0 atom stereocenters. The Labute approximate surface area is 161 Å². The average molecular weight is 403 g/mol. The topological polar surface area (TPSA) is 149 Å². The van der Waals surface area contributed by atoms with E-state index in [9.17, 15) is 18.0 Å². The summed E-state index contributed by atoms with van der Waals surface area (Å²) < 4.78 is 33.0. The first-order valence-electron chi connectivity index (χ1n) is 7.91. The third-order valence-corrected chi connectivity index (χ3v) is 4.55. The minimum Gasteiger partial charge on any atom is -0.481 e. The van der Waals surface area contributed by atoms with Crippen LogP contribution in [0.15, 0.2) is 47.4 Å². The molecule has 0 aliphatic carbocycles. The molecule has 0 saturated heterocycles. The summed E-state index contributed by atoms with van der Waals surface area (Å²) >= 11 is 0. The van der Waals surface area contributed by atoms with Crippen LogP contribution in [0.3, 0.4) is 0 Å². The fourth-order valence-corrected chi connectivity index (χ4v) is 3.00. The molecule has 0 aliphatic heterocycles. The van der Waals surface area contributed by atoms with Crippen LogP contribution in [-0.4, -0.2) is 33.5 Å². The number of primary sulfonamides is 1. The molecule has 0 fully saturated rings. The lowest BCUT2D eigenvalue weighted by atomic mass is 10.2. The fourth-order valence-electron chi connectivity index (χ4n) is 2.19. The third kappa shape index (κ3) is 5.80. The number of amides is 1. The summed E-state index contributed by atoms with van der Waals surface area (Å²) in [5.41, 5.74) is 0.884. The van der Waals surface area contributed by atoms with Crippen molar-refractivity contribution in [3.8, 4) is 11.8 Å². The van der Waals surface area contributed by atoms with Crippen molar-refractivity contribution < 1.29 is 27.5 Å². The van der Waals surface area contributed by atoms with E-state index in [4.69, 9.17) is 19.9 Å². The van der Waals surface area contributed by atoms with Crippen molar-refractivity contribution in [2.75, 3.05) is 18.5 Å². The minimum absolute atomic E-state index is 0.119. The Morgan fingerprint density at radius 3 is 2.57 bits per heavy atom. The molecule has 3 N–H and O–H groups in total. The minimum atomic E-state index is -3.93. The van der Waals surface area contributed by atoms with Gasteiger partial charge in [-0.15, -0.1) is 0 Å². The van der Waals surface area contributed by atoms with Crippen LogP contribution in [0.1, 0.15) is 11.1 Å². The van der Waals surface area contributed by atoms with Gasteiger partial charge in [0.1, 0.15) is 11.8 Å². The van der Waals surface area contributed by atoms with Gasteiger partial charge in [-0.3, -0.25) is 4.79 Å². The van der Waals surface area contributed by atoms with Crippen molar-refractivity contribution in [1.29, 1.82) is 5.26 Å². The lowest BCUT2D eigenvalue weighted by Crippen LogP contribution is -2.24. The number of nitrogens with zero attached hydrogens (tertiary/aromatic N) is 1. The Balaban J connectivity index is 1.87. The molecule has 9 nitrogen and oxygen atoms in total. The van der Waals surface area contributed by atoms with Gasteiger partial charge in [-0.25, -0.2) is 18.4 Å². The number of benzene rings is 2. The predicted octanol–water partition coefficient (Wildman–Crippen LogP) is 1.07. The van der Waals surface area contributed by atoms with Crippen molar-refractivity contribution >= 4 is 27.6 Å². The number of rotatable bonds is 7. The standard InChI is InChI=1S/C18H17N3O6S/c1-12-6-7-14(8-16(12)28(20,24)25)21-17(22)10-27-18(23)11-26-15-5-3-2-4-13(15)9-19/h2-8H,10-11H2,1H3,(H,21,22)(H2,20,24,25). The van der Waals surface area contributed by atoms with Gasteiger partial charge in [-0.05, 0) is 36.8 Å². The summed E-state index contributed by atoms with van der Waals surface area (Å²) in [5, 5.41) is 16.5. The molecule has 10 heteroatoms. The maximum atomic E-state index is 11.9. The first kappa shape index (κ1) is 20.9. The van der Waals surface area contributed by atoms with E-state index in [2.05, 4.69) is 5.32 Å². The molecule has 0 saturated carbocycles. The van der Waals surface area contributed by atoms with Gasteiger partial charge in [-0.2, -0.15) is 5.26 Å². The molecule has 2 aromatic carbocycles. The molecule has 0 bridgehead atoms. The third-order valence-electron chi connectivity index (χ3n) is 3.50. The summed E-state index contributed by atoms with van der Waals surface area (Å²) in [6.45, 7) is 0.490. The van der Waals surface area contributed by atoms with Crippen molar-refractivity contribution in [2.45, 2.75) is 11.8 Å². The number of carbonyl (C=O) groups is 2. The number of para-hydroxylation sites is 1. The highest BCUT2D eigenvalue weighted by molar-refractivity contribution is 7.89. The van der Waals surface area contributed by atoms with E-state index in [1.54, 1.807) is 19.1 Å². The fraction of sp³-hybridized carbons (Fsp3) is 0.167. The van der Waals surface area contributed by atoms with Gasteiger partial charge in [0.15, 0.2) is 13.2 Å². The molecule has 0 heterocycles. The molecule has 146 valence electrons. The lowest BCUT2D eigenvalue weighted by molar-refractivity contribution is -0.149. The zero-order valence-electron chi connectivity index (χ0n) is 14.8. The summed E-state index contributed by atoms with van der Waals surface area (Å²) in [6, 6.07) is 12.5. The first-order chi connectivity index (χ1) is 13.2. The SMILES string of the molecule is Cc1ccc(NC(=O)COC(=O)COc2ccccc2C#N)cc1S(N)(=O)=O. The highest BCUT2D eigenvalue weighted by atomic mass is 32.2. The maximum Gasteiger partial charge on any atom is 0.344 e. The van der Waals surface area contributed by atoms with E-state index in [-0.39, 0.29) is 21.9 Å². The molecule has 2 rings (SSSR count). The maximum absolute atomic E-state index is 11.9. The molecule has 0 unspecified atom stereocenters. The molecule has 0 radical (unpaired) electrons. The normalized spacial score (nSPS) is 10.6. The number of aryl methyl sites for hydroxylation is 1. The monoisotopic (exact) mass is 403 g/mol. The van der Waals surface area contributed by atoms with Crippen molar-refractivity contribution in [2.24, 2.45) is 5.14 Å².